The number of carbonyl (C=O) groups is 1. The average Bonchev–Trinajstić information content (AvgIpc) is 2.22. The fraction of sp³-hybridized carbons (Fsp3) is 0.100. The van der Waals surface area contributed by atoms with Gasteiger partial charge in [-0.15, -0.1) is 0 Å². The van der Waals surface area contributed by atoms with E-state index in [4.69, 9.17) is 11.6 Å². The summed E-state index contributed by atoms with van der Waals surface area (Å²) < 4.78 is 5.69. The Hall–Kier alpha value is -0.320. The normalized spacial score (nSPS) is 11.3. The van der Waals surface area contributed by atoms with Gasteiger partial charge in [-0.1, -0.05) is 33.6 Å². The molecule has 0 amide bonds. The number of methoxy groups -OCH3 is 1. The summed E-state index contributed by atoms with van der Waals surface area (Å²) in [4.78, 5) is 11.1. The van der Waals surface area contributed by atoms with Gasteiger partial charge in [0.05, 0.1) is 7.11 Å². The second-order valence-electron chi connectivity index (χ2n) is 2.62. The van der Waals surface area contributed by atoms with Crippen LogP contribution in [0.1, 0.15) is 5.56 Å². The summed E-state index contributed by atoms with van der Waals surface area (Å²) in [5, 5.41) is 0.560. The number of hydrogen-bond donors (Lipinski definition) is 0. The molecule has 15 heavy (non-hydrogen) atoms. The SMILES string of the molecule is COC(=O)/C(Br)=C/c1c(Cl)cccc1Br. The Balaban J connectivity index is 3.13. The van der Waals surface area contributed by atoms with E-state index >= 15 is 0 Å². The molecule has 0 radical (unpaired) electrons. The summed E-state index contributed by atoms with van der Waals surface area (Å²) in [5.74, 6) is -0.443. The van der Waals surface area contributed by atoms with Crippen LogP contribution in [-0.2, 0) is 9.53 Å². The first-order valence-electron chi connectivity index (χ1n) is 3.95. The topological polar surface area (TPSA) is 26.3 Å². The molecule has 0 saturated carbocycles. The summed E-state index contributed by atoms with van der Waals surface area (Å²) in [6.07, 6.45) is 1.61. The van der Waals surface area contributed by atoms with Crippen molar-refractivity contribution in [3.8, 4) is 0 Å². The Morgan fingerprint density at radius 3 is 2.73 bits per heavy atom. The van der Waals surface area contributed by atoms with Crippen molar-refractivity contribution in [1.29, 1.82) is 0 Å². The minimum absolute atomic E-state index is 0.318. The highest BCUT2D eigenvalue weighted by Crippen LogP contribution is 2.28. The summed E-state index contributed by atoms with van der Waals surface area (Å²) in [6.45, 7) is 0. The molecule has 80 valence electrons. The summed E-state index contributed by atoms with van der Waals surface area (Å²) in [7, 11) is 1.32. The van der Waals surface area contributed by atoms with E-state index in [9.17, 15) is 4.79 Å². The number of esters is 1. The molecule has 0 unspecified atom stereocenters. The van der Waals surface area contributed by atoms with E-state index in [2.05, 4.69) is 36.6 Å². The third-order valence-corrected chi connectivity index (χ3v) is 3.22. The highest BCUT2D eigenvalue weighted by molar-refractivity contribution is 9.12. The molecule has 0 fully saturated rings. The van der Waals surface area contributed by atoms with Gasteiger partial charge in [-0.2, -0.15) is 0 Å². The lowest BCUT2D eigenvalue weighted by molar-refractivity contribution is -0.135. The number of carbonyl (C=O) groups excluding carboxylic acids is 1. The summed E-state index contributed by atoms with van der Waals surface area (Å²) >= 11 is 12.4. The third-order valence-electron chi connectivity index (χ3n) is 1.65. The first kappa shape index (κ1) is 12.7. The van der Waals surface area contributed by atoms with Crippen molar-refractivity contribution < 1.29 is 9.53 Å². The highest BCUT2D eigenvalue weighted by Gasteiger charge is 2.08. The molecule has 0 bridgehead atoms. The molecule has 1 aromatic carbocycles. The molecule has 0 spiro atoms. The van der Waals surface area contributed by atoms with Gasteiger partial charge in [-0.05, 0) is 34.1 Å². The van der Waals surface area contributed by atoms with Gasteiger partial charge in [0.25, 0.3) is 0 Å². The van der Waals surface area contributed by atoms with Gasteiger partial charge in [-0.25, -0.2) is 4.79 Å². The Morgan fingerprint density at radius 2 is 2.20 bits per heavy atom. The van der Waals surface area contributed by atoms with Gasteiger partial charge in [0, 0.05) is 15.1 Å². The van der Waals surface area contributed by atoms with Gasteiger partial charge in [-0.3, -0.25) is 0 Å². The van der Waals surface area contributed by atoms with Crippen LogP contribution in [0.25, 0.3) is 6.08 Å². The Labute approximate surface area is 110 Å². The van der Waals surface area contributed by atoms with E-state index in [1.807, 2.05) is 12.1 Å². The predicted molar refractivity (Wildman–Crippen MR) is 68.1 cm³/mol. The van der Waals surface area contributed by atoms with E-state index in [1.54, 1.807) is 12.1 Å². The first-order chi connectivity index (χ1) is 7.06. The van der Waals surface area contributed by atoms with Crippen LogP contribution in [0.4, 0.5) is 0 Å². The fourth-order valence-corrected chi connectivity index (χ4v) is 2.15. The zero-order chi connectivity index (χ0) is 11.4. The van der Waals surface area contributed by atoms with E-state index in [0.29, 0.717) is 9.51 Å². The zero-order valence-electron chi connectivity index (χ0n) is 7.76. The van der Waals surface area contributed by atoms with Crippen molar-refractivity contribution in [2.75, 3.05) is 7.11 Å². The summed E-state index contributed by atoms with van der Waals surface area (Å²) in [5.41, 5.74) is 0.733. The first-order valence-corrected chi connectivity index (χ1v) is 5.92. The molecule has 0 aliphatic rings. The smallest absolute Gasteiger partial charge is 0.344 e. The molecule has 1 aromatic rings. The molecular weight excluding hydrogens is 347 g/mol. The molecule has 0 aliphatic carbocycles. The fourth-order valence-electron chi connectivity index (χ4n) is 0.932. The second kappa shape index (κ2) is 5.68. The number of rotatable bonds is 2. The molecule has 0 heterocycles. The molecule has 0 atom stereocenters. The van der Waals surface area contributed by atoms with Gasteiger partial charge in [0.15, 0.2) is 0 Å². The van der Waals surface area contributed by atoms with E-state index < -0.39 is 5.97 Å². The Bertz CT molecular complexity index is 396. The van der Waals surface area contributed by atoms with Crippen LogP contribution in [-0.4, -0.2) is 13.1 Å². The lowest BCUT2D eigenvalue weighted by Gasteiger charge is -2.02. The second-order valence-corrected chi connectivity index (χ2v) is 4.74. The van der Waals surface area contributed by atoms with Crippen molar-refractivity contribution in [2.24, 2.45) is 0 Å². The molecule has 0 saturated heterocycles. The predicted octanol–water partition coefficient (Wildman–Crippen LogP) is 4.01. The van der Waals surface area contributed by atoms with Crippen LogP contribution in [0.5, 0.6) is 0 Å². The maximum Gasteiger partial charge on any atom is 0.344 e. The van der Waals surface area contributed by atoms with Gasteiger partial charge in [0.1, 0.15) is 4.48 Å². The average molecular weight is 354 g/mol. The quantitative estimate of drug-likeness (QED) is 0.592. The molecule has 0 aliphatic heterocycles. The van der Waals surface area contributed by atoms with Gasteiger partial charge in [0.2, 0.25) is 0 Å². The third kappa shape index (κ3) is 3.33. The van der Waals surface area contributed by atoms with Crippen molar-refractivity contribution in [1.82, 2.24) is 0 Å². The highest BCUT2D eigenvalue weighted by atomic mass is 79.9. The maximum atomic E-state index is 11.1. The standard InChI is InChI=1S/C10H7Br2ClO2/c1-15-10(14)8(12)5-6-7(11)3-2-4-9(6)13/h2-5H,1H3/b8-5-. The molecular formula is C10H7Br2ClO2. The maximum absolute atomic E-state index is 11.1. The molecule has 0 N–H and O–H groups in total. The van der Waals surface area contributed by atoms with Gasteiger partial charge >= 0.3 is 5.97 Å². The number of benzene rings is 1. The lowest BCUT2D eigenvalue weighted by Crippen LogP contribution is -1.99. The Morgan fingerprint density at radius 1 is 1.53 bits per heavy atom. The largest absolute Gasteiger partial charge is 0.465 e. The van der Waals surface area contributed by atoms with Crippen LogP contribution in [0.2, 0.25) is 5.02 Å². The van der Waals surface area contributed by atoms with E-state index in [-0.39, 0.29) is 0 Å². The number of halogens is 3. The van der Waals surface area contributed by atoms with Crippen LogP contribution < -0.4 is 0 Å². The van der Waals surface area contributed by atoms with Crippen molar-refractivity contribution in [3.63, 3.8) is 0 Å². The van der Waals surface area contributed by atoms with Crippen LogP contribution >= 0.6 is 43.5 Å². The number of ether oxygens (including phenoxy) is 1. The van der Waals surface area contributed by atoms with Gasteiger partial charge < -0.3 is 4.74 Å². The van der Waals surface area contributed by atoms with Crippen molar-refractivity contribution in [2.45, 2.75) is 0 Å². The van der Waals surface area contributed by atoms with Crippen LogP contribution in [0.3, 0.4) is 0 Å². The van der Waals surface area contributed by atoms with E-state index in [0.717, 1.165) is 10.0 Å². The molecule has 5 heteroatoms. The van der Waals surface area contributed by atoms with Crippen molar-refractivity contribution >= 4 is 55.5 Å². The number of hydrogen-bond acceptors (Lipinski definition) is 2. The Kier molecular flexibility index (Phi) is 4.83. The minimum atomic E-state index is -0.443. The molecule has 2 nitrogen and oxygen atoms in total. The molecule has 1 rings (SSSR count). The molecule has 0 aromatic heterocycles. The zero-order valence-corrected chi connectivity index (χ0v) is 11.7. The van der Waals surface area contributed by atoms with Crippen LogP contribution in [0.15, 0.2) is 27.2 Å². The lowest BCUT2D eigenvalue weighted by atomic mass is 10.2. The monoisotopic (exact) mass is 352 g/mol. The summed E-state index contributed by atoms with van der Waals surface area (Å²) in [6, 6.07) is 5.40. The minimum Gasteiger partial charge on any atom is -0.465 e. The van der Waals surface area contributed by atoms with Crippen molar-refractivity contribution in [3.05, 3.63) is 37.7 Å². The van der Waals surface area contributed by atoms with Crippen LogP contribution in [0, 0.1) is 0 Å². The van der Waals surface area contributed by atoms with E-state index in [1.165, 1.54) is 7.11 Å².